The van der Waals surface area contributed by atoms with Gasteiger partial charge in [0.05, 0.1) is 4.90 Å². The lowest BCUT2D eigenvalue weighted by Gasteiger charge is -2.15. The van der Waals surface area contributed by atoms with Crippen LogP contribution in [0, 0.1) is 0 Å². The van der Waals surface area contributed by atoms with Crippen molar-refractivity contribution in [3.05, 3.63) is 29.3 Å². The van der Waals surface area contributed by atoms with Crippen molar-refractivity contribution < 1.29 is 13.2 Å². The van der Waals surface area contributed by atoms with E-state index in [1.807, 2.05) is 0 Å². The van der Waals surface area contributed by atoms with E-state index in [0.29, 0.717) is 11.4 Å². The van der Waals surface area contributed by atoms with Gasteiger partial charge in [0.15, 0.2) is 0 Å². The standard InChI is InChI=1S/C11H15ClN2O3S/c1-3-10(11(15)13-2)14-18(16,17)9-6-4-8(12)5-7-9/h4-7,10,14H,3H2,1-2H3,(H,13,15). The van der Waals surface area contributed by atoms with E-state index >= 15 is 0 Å². The third-order valence-corrected chi connectivity index (χ3v) is 4.13. The van der Waals surface area contributed by atoms with Crippen LogP contribution in [-0.2, 0) is 14.8 Å². The average Bonchev–Trinajstić information content (AvgIpc) is 2.35. The first-order valence-corrected chi connectivity index (χ1v) is 7.26. The van der Waals surface area contributed by atoms with Crippen molar-refractivity contribution in [2.24, 2.45) is 0 Å². The highest BCUT2D eigenvalue weighted by Gasteiger charge is 2.23. The lowest BCUT2D eigenvalue weighted by molar-refractivity contribution is -0.122. The summed E-state index contributed by atoms with van der Waals surface area (Å²) in [4.78, 5) is 11.5. The Hall–Kier alpha value is -1.11. The fourth-order valence-corrected chi connectivity index (χ4v) is 2.77. The van der Waals surface area contributed by atoms with Gasteiger partial charge in [-0.3, -0.25) is 4.79 Å². The molecule has 0 fully saturated rings. The molecule has 0 bridgehead atoms. The zero-order chi connectivity index (χ0) is 13.8. The normalized spacial score (nSPS) is 13.1. The number of amides is 1. The molecule has 0 spiro atoms. The third-order valence-electron chi connectivity index (χ3n) is 2.39. The fourth-order valence-electron chi connectivity index (χ4n) is 1.37. The number of carbonyl (C=O) groups is 1. The van der Waals surface area contributed by atoms with Gasteiger partial charge in [0.1, 0.15) is 6.04 Å². The van der Waals surface area contributed by atoms with Crippen LogP contribution in [0.25, 0.3) is 0 Å². The second-order valence-electron chi connectivity index (χ2n) is 3.65. The van der Waals surface area contributed by atoms with Crippen molar-refractivity contribution in [1.82, 2.24) is 10.0 Å². The van der Waals surface area contributed by atoms with Crippen LogP contribution in [-0.4, -0.2) is 27.4 Å². The van der Waals surface area contributed by atoms with Crippen LogP contribution >= 0.6 is 11.6 Å². The van der Waals surface area contributed by atoms with E-state index in [1.54, 1.807) is 6.92 Å². The molecular weight excluding hydrogens is 276 g/mol. The first-order chi connectivity index (χ1) is 8.40. The molecule has 0 aromatic heterocycles. The largest absolute Gasteiger partial charge is 0.358 e. The van der Waals surface area contributed by atoms with E-state index in [4.69, 9.17) is 11.6 Å². The predicted octanol–water partition coefficient (Wildman–Crippen LogP) is 1.14. The summed E-state index contributed by atoms with van der Waals surface area (Å²) in [6.07, 6.45) is 0.368. The number of halogens is 1. The number of carbonyl (C=O) groups excluding carboxylic acids is 1. The lowest BCUT2D eigenvalue weighted by Crippen LogP contribution is -2.45. The Labute approximate surface area is 112 Å². The quantitative estimate of drug-likeness (QED) is 0.854. The first-order valence-electron chi connectivity index (χ1n) is 5.40. The minimum Gasteiger partial charge on any atom is -0.358 e. The number of nitrogens with one attached hydrogen (secondary N) is 2. The van der Waals surface area contributed by atoms with Crippen molar-refractivity contribution in [1.29, 1.82) is 0 Å². The monoisotopic (exact) mass is 290 g/mol. The number of hydrogen-bond donors (Lipinski definition) is 2. The van der Waals surface area contributed by atoms with Crippen molar-refractivity contribution in [3.8, 4) is 0 Å². The molecule has 100 valence electrons. The van der Waals surface area contributed by atoms with E-state index in [-0.39, 0.29) is 10.8 Å². The van der Waals surface area contributed by atoms with Gasteiger partial charge < -0.3 is 5.32 Å². The number of sulfonamides is 1. The van der Waals surface area contributed by atoms with E-state index in [9.17, 15) is 13.2 Å². The van der Waals surface area contributed by atoms with Crippen LogP contribution in [0.1, 0.15) is 13.3 Å². The van der Waals surface area contributed by atoms with E-state index in [0.717, 1.165) is 0 Å². The second-order valence-corrected chi connectivity index (χ2v) is 5.80. The van der Waals surface area contributed by atoms with Crippen molar-refractivity contribution in [3.63, 3.8) is 0 Å². The molecule has 1 amide bonds. The molecule has 1 aromatic rings. The van der Waals surface area contributed by atoms with Crippen LogP contribution in [0.3, 0.4) is 0 Å². The van der Waals surface area contributed by atoms with Crippen molar-refractivity contribution in [2.75, 3.05) is 7.05 Å². The summed E-state index contributed by atoms with van der Waals surface area (Å²) in [5.74, 6) is -0.366. The molecule has 18 heavy (non-hydrogen) atoms. The molecule has 0 aliphatic rings. The minimum atomic E-state index is -3.71. The maximum Gasteiger partial charge on any atom is 0.241 e. The Kier molecular flexibility index (Phi) is 5.13. The van der Waals surface area contributed by atoms with Gasteiger partial charge in [0.25, 0.3) is 0 Å². The van der Waals surface area contributed by atoms with Crippen molar-refractivity contribution in [2.45, 2.75) is 24.3 Å². The second kappa shape index (κ2) is 6.17. The molecule has 1 aromatic carbocycles. The fraction of sp³-hybridized carbons (Fsp3) is 0.364. The molecule has 0 aliphatic heterocycles. The SMILES string of the molecule is CCC(NS(=O)(=O)c1ccc(Cl)cc1)C(=O)NC. The molecule has 1 atom stereocenters. The zero-order valence-corrected chi connectivity index (χ0v) is 11.7. The Morgan fingerprint density at radius 3 is 2.33 bits per heavy atom. The third kappa shape index (κ3) is 3.69. The molecule has 5 nitrogen and oxygen atoms in total. The number of likely N-dealkylation sites (N-methyl/N-ethyl adjacent to an activating group) is 1. The Bertz CT molecular complexity index is 514. The highest BCUT2D eigenvalue weighted by atomic mass is 35.5. The number of rotatable bonds is 5. The summed E-state index contributed by atoms with van der Waals surface area (Å²) in [6, 6.07) is 4.96. The van der Waals surface area contributed by atoms with E-state index < -0.39 is 16.1 Å². The summed E-state index contributed by atoms with van der Waals surface area (Å²) >= 11 is 5.69. The zero-order valence-electron chi connectivity index (χ0n) is 10.1. The Balaban J connectivity index is 2.94. The summed E-state index contributed by atoms with van der Waals surface area (Å²) in [7, 11) is -2.25. The van der Waals surface area contributed by atoms with Gasteiger partial charge in [-0.15, -0.1) is 0 Å². The summed E-state index contributed by atoms with van der Waals surface area (Å²) in [6.45, 7) is 1.73. The van der Waals surface area contributed by atoms with Gasteiger partial charge in [-0.1, -0.05) is 18.5 Å². The molecular formula is C11H15ClN2O3S. The number of hydrogen-bond acceptors (Lipinski definition) is 3. The van der Waals surface area contributed by atoms with Crippen LogP contribution < -0.4 is 10.0 Å². The highest BCUT2D eigenvalue weighted by Crippen LogP contribution is 2.14. The van der Waals surface area contributed by atoms with Gasteiger partial charge in [-0.05, 0) is 30.7 Å². The van der Waals surface area contributed by atoms with E-state index in [2.05, 4.69) is 10.0 Å². The van der Waals surface area contributed by atoms with Crippen LogP contribution in [0.4, 0.5) is 0 Å². The summed E-state index contributed by atoms with van der Waals surface area (Å²) in [5.41, 5.74) is 0. The van der Waals surface area contributed by atoms with E-state index in [1.165, 1.54) is 31.3 Å². The smallest absolute Gasteiger partial charge is 0.241 e. The van der Waals surface area contributed by atoms with Gasteiger partial charge in [-0.2, -0.15) is 4.72 Å². The Morgan fingerprint density at radius 1 is 1.33 bits per heavy atom. The Morgan fingerprint density at radius 2 is 1.89 bits per heavy atom. The predicted molar refractivity (Wildman–Crippen MR) is 69.9 cm³/mol. The van der Waals surface area contributed by atoms with Gasteiger partial charge in [0, 0.05) is 12.1 Å². The summed E-state index contributed by atoms with van der Waals surface area (Å²) < 4.78 is 26.3. The molecule has 0 saturated carbocycles. The maximum absolute atomic E-state index is 12.0. The van der Waals surface area contributed by atoms with Crippen LogP contribution in [0.15, 0.2) is 29.2 Å². The maximum atomic E-state index is 12.0. The molecule has 0 saturated heterocycles. The molecule has 0 heterocycles. The molecule has 2 N–H and O–H groups in total. The molecule has 0 radical (unpaired) electrons. The minimum absolute atomic E-state index is 0.0780. The lowest BCUT2D eigenvalue weighted by atomic mass is 10.2. The van der Waals surface area contributed by atoms with Crippen molar-refractivity contribution >= 4 is 27.5 Å². The molecule has 0 aliphatic carbocycles. The molecule has 7 heteroatoms. The average molecular weight is 291 g/mol. The topological polar surface area (TPSA) is 75.3 Å². The van der Waals surface area contributed by atoms with Crippen LogP contribution in [0.5, 0.6) is 0 Å². The number of benzene rings is 1. The molecule has 1 rings (SSSR count). The van der Waals surface area contributed by atoms with Gasteiger partial charge in [0.2, 0.25) is 15.9 Å². The summed E-state index contributed by atoms with van der Waals surface area (Å²) in [5, 5.41) is 2.86. The van der Waals surface area contributed by atoms with Crippen LogP contribution in [0.2, 0.25) is 5.02 Å². The first kappa shape index (κ1) is 14.9. The highest BCUT2D eigenvalue weighted by molar-refractivity contribution is 7.89. The molecule has 1 unspecified atom stereocenters. The van der Waals surface area contributed by atoms with Gasteiger partial charge >= 0.3 is 0 Å². The van der Waals surface area contributed by atoms with Gasteiger partial charge in [-0.25, -0.2) is 8.42 Å².